The Hall–Kier alpha value is -5.05. The van der Waals surface area contributed by atoms with Crippen molar-refractivity contribution < 1.29 is 19.4 Å². The molecule has 0 amide bonds. The fraction of sp³-hybridized carbons (Fsp3) is 0.525. The number of nitrogens with one attached hydrogen (secondary N) is 2. The van der Waals surface area contributed by atoms with Gasteiger partial charge in [0.05, 0.1) is 13.5 Å². The predicted octanol–water partition coefficient (Wildman–Crippen LogP) is 11.0. The zero-order valence-electron chi connectivity index (χ0n) is 41.1. The number of nitrogen functional groups attached to an aromatic ring is 1. The van der Waals surface area contributed by atoms with Gasteiger partial charge in [-0.1, -0.05) is 85.7 Å². The maximum absolute atomic E-state index is 14.0. The Morgan fingerprint density at radius 3 is 2.51 bits per heavy atom. The number of nitrogens with zero attached hydrogens (tertiary/aromatic N) is 1. The summed E-state index contributed by atoms with van der Waals surface area (Å²) in [4.78, 5) is 32.2. The third-order valence-corrected chi connectivity index (χ3v) is 18.4. The van der Waals surface area contributed by atoms with Crippen molar-refractivity contribution in [2.45, 2.75) is 128 Å². The first-order valence-corrected chi connectivity index (χ1v) is 26.7. The highest BCUT2D eigenvalue weighted by atomic mass is 16.5. The van der Waals surface area contributed by atoms with Gasteiger partial charge >= 0.3 is 0 Å². The molecule has 4 aliphatic carbocycles. The number of carbonyl (C=O) groups is 2. The molecular formula is C61H76N4O4. The number of pyridine rings is 1. The van der Waals surface area contributed by atoms with E-state index in [1.54, 1.807) is 24.3 Å². The highest BCUT2D eigenvalue weighted by Gasteiger charge is 2.60. The normalized spacial score (nSPS) is 28.0. The Balaban J connectivity index is 0.805. The van der Waals surface area contributed by atoms with Crippen molar-refractivity contribution in [3.63, 3.8) is 0 Å². The van der Waals surface area contributed by atoms with Crippen molar-refractivity contribution in [1.29, 1.82) is 0 Å². The lowest BCUT2D eigenvalue weighted by Gasteiger charge is -2.55. The number of Topliss-reactive ketones (excluding diaryl/α,β-unsaturated/α-hetero) is 1. The summed E-state index contributed by atoms with van der Waals surface area (Å²) >= 11 is 0. The summed E-state index contributed by atoms with van der Waals surface area (Å²) < 4.78 is 5.53. The zero-order valence-corrected chi connectivity index (χ0v) is 41.1. The van der Waals surface area contributed by atoms with E-state index >= 15 is 0 Å². The van der Waals surface area contributed by atoms with E-state index in [-0.39, 0.29) is 23.7 Å². The summed E-state index contributed by atoms with van der Waals surface area (Å²) in [5.74, 6) is 4.66. The number of rotatable bonds is 17. The van der Waals surface area contributed by atoms with Crippen LogP contribution in [0.1, 0.15) is 129 Å². The Kier molecular flexibility index (Phi) is 14.6. The lowest BCUT2D eigenvalue weighted by Crippen LogP contribution is -2.57. The number of hydrogen-bond donors (Lipinski definition) is 4. The zero-order chi connectivity index (χ0) is 47.4. The number of ether oxygens (including phenoxy) is 1. The number of aryl methyl sites for hydroxylation is 4. The number of carbonyl (C=O) groups excluding carboxylic acids is 2. The van der Waals surface area contributed by atoms with Gasteiger partial charge in [0.1, 0.15) is 11.6 Å². The second kappa shape index (κ2) is 21.1. The van der Waals surface area contributed by atoms with Crippen molar-refractivity contribution in [3.05, 3.63) is 136 Å². The number of methoxy groups -OCH3 is 1. The first-order valence-electron chi connectivity index (χ1n) is 26.7. The number of phenols is 1. The van der Waals surface area contributed by atoms with Crippen LogP contribution in [0.3, 0.4) is 0 Å². The second-order valence-corrected chi connectivity index (χ2v) is 22.5. The lowest BCUT2D eigenvalue weighted by atomic mass is 9.52. The van der Waals surface area contributed by atoms with Crippen LogP contribution in [0.15, 0.2) is 97.2 Å². The molecule has 5 N–H and O–H groups in total. The average Bonchev–Trinajstić information content (AvgIpc) is 3.97. The molecule has 0 bridgehead atoms. The molecule has 364 valence electrons. The second-order valence-electron chi connectivity index (χ2n) is 22.5. The number of phenolic OH excluding ortho intramolecular Hbond substituents is 1. The average molecular weight is 929 g/mol. The van der Waals surface area contributed by atoms with Gasteiger partial charge in [0.25, 0.3) is 0 Å². The molecule has 10 rings (SSSR count). The molecule has 3 aromatic carbocycles. The minimum absolute atomic E-state index is 0.0303. The Bertz CT molecular complexity index is 2510. The molecule has 8 nitrogen and oxygen atoms in total. The number of nitrogens with two attached hydrogens (primary N) is 1. The summed E-state index contributed by atoms with van der Waals surface area (Å²) in [5, 5.41) is 18.8. The molecule has 1 spiro atoms. The molecule has 5 fully saturated rings. The minimum Gasteiger partial charge on any atom is -0.504 e. The molecule has 2 aliphatic heterocycles. The van der Waals surface area contributed by atoms with Crippen LogP contribution in [-0.4, -0.2) is 54.4 Å². The van der Waals surface area contributed by atoms with Gasteiger partial charge in [-0.15, -0.1) is 0 Å². The summed E-state index contributed by atoms with van der Waals surface area (Å²) in [6.07, 6.45) is 30.2. The third-order valence-electron chi connectivity index (χ3n) is 18.4. The first kappa shape index (κ1) is 47.6. The van der Waals surface area contributed by atoms with Gasteiger partial charge in [-0.05, 0) is 219 Å². The molecule has 0 radical (unpaired) electrons. The predicted molar refractivity (Wildman–Crippen MR) is 277 cm³/mol. The van der Waals surface area contributed by atoms with Crippen LogP contribution in [0.2, 0.25) is 0 Å². The standard InChI is InChI=1S/C61H76N4O4/c1-69-56-34-45(48(33-55(56)68)32-49-40-65-58(62)35-46(49)18-16-43-12-7-11-42(29-43)15-14-41-9-3-2-4-10-41)19-20-51(66)36-52(67)30-44-17-21-57-60(23-5-6-24-60)25-26-61(57,37-44)38-54-53-22-28-63-39-50(53)31-47-13-8-27-64-59(47)54/h2-4,7-13,19-20,29,33-35,40,44,47,50,53-54,57,59,63-64,68H,5-6,14-18,21-28,30-32,36-39H2,1H3,(H2,62,65)/b20-19+/t44-,47-,50-,53+,54-,57+,59+,61+/m0/s1. The maximum Gasteiger partial charge on any atom is 0.163 e. The number of allylic oxidation sites excluding steroid dienone is 1. The van der Waals surface area contributed by atoms with E-state index in [2.05, 4.69) is 82.4 Å². The highest BCUT2D eigenvalue weighted by Crippen LogP contribution is 2.69. The van der Waals surface area contributed by atoms with E-state index in [1.807, 2.05) is 12.3 Å². The molecule has 8 heteroatoms. The highest BCUT2D eigenvalue weighted by molar-refractivity contribution is 6.06. The lowest BCUT2D eigenvalue weighted by molar-refractivity contribution is -0.126. The van der Waals surface area contributed by atoms with Gasteiger partial charge in [-0.2, -0.15) is 0 Å². The van der Waals surface area contributed by atoms with E-state index in [9.17, 15) is 14.7 Å². The van der Waals surface area contributed by atoms with E-state index in [0.717, 1.165) is 98.2 Å². The Morgan fingerprint density at radius 1 is 0.884 bits per heavy atom. The van der Waals surface area contributed by atoms with Gasteiger partial charge in [0.2, 0.25) is 0 Å². The van der Waals surface area contributed by atoms with Gasteiger partial charge in [0, 0.05) is 25.2 Å². The van der Waals surface area contributed by atoms with Crippen molar-refractivity contribution >= 4 is 23.5 Å². The number of aromatic nitrogens is 1. The van der Waals surface area contributed by atoms with E-state index in [4.69, 9.17) is 10.5 Å². The first-order chi connectivity index (χ1) is 33.7. The van der Waals surface area contributed by atoms with Crippen molar-refractivity contribution in [2.24, 2.45) is 46.3 Å². The summed E-state index contributed by atoms with van der Waals surface area (Å²) in [7, 11) is 1.53. The quantitative estimate of drug-likeness (QED) is 0.0469. The smallest absolute Gasteiger partial charge is 0.163 e. The molecule has 1 saturated heterocycles. The number of aromatic hydroxyl groups is 1. The summed E-state index contributed by atoms with van der Waals surface area (Å²) in [5.41, 5.74) is 14.7. The minimum atomic E-state index is -0.186. The van der Waals surface area contributed by atoms with Crippen LogP contribution in [-0.2, 0) is 41.7 Å². The number of ketones is 2. The molecule has 8 atom stereocenters. The van der Waals surface area contributed by atoms with E-state index < -0.39 is 0 Å². The Morgan fingerprint density at radius 2 is 1.68 bits per heavy atom. The maximum atomic E-state index is 14.0. The monoisotopic (exact) mass is 929 g/mol. The SMILES string of the molecule is COc1cc(/C=C/C(=O)CC(=O)C[C@@H]2CC[C@@H]3C4(CCCC4)CC[C@]3(C[C@H]3[C@@H]4CCNC[C@@H]4C[C@@H]4C=CCN[C@@H]34)C2)c(Cc2cnc(N)cc2CCc2cccc(CCc3ccccc3)c2)cc1O. The van der Waals surface area contributed by atoms with Crippen LogP contribution in [0.4, 0.5) is 5.82 Å². The molecule has 0 unspecified atom stereocenters. The summed E-state index contributed by atoms with van der Waals surface area (Å²) in [6, 6.07) is 25.5. The number of benzene rings is 3. The van der Waals surface area contributed by atoms with Gasteiger partial charge in [0.15, 0.2) is 17.3 Å². The van der Waals surface area contributed by atoms with E-state index in [1.165, 1.54) is 88.0 Å². The molecule has 1 aromatic heterocycles. The van der Waals surface area contributed by atoms with Gasteiger partial charge in [-0.25, -0.2) is 4.98 Å². The van der Waals surface area contributed by atoms with Gasteiger partial charge in [-0.3, -0.25) is 9.59 Å². The van der Waals surface area contributed by atoms with Crippen LogP contribution in [0, 0.1) is 46.3 Å². The molecule has 4 saturated carbocycles. The molecule has 4 aromatic rings. The summed E-state index contributed by atoms with van der Waals surface area (Å²) in [6.45, 7) is 3.29. The molecule has 6 aliphatic rings. The fourth-order valence-electron chi connectivity index (χ4n) is 15.4. The number of fused-ring (bicyclic) bond motifs is 4. The molecule has 69 heavy (non-hydrogen) atoms. The Labute approximate surface area is 411 Å². The van der Waals surface area contributed by atoms with Crippen LogP contribution < -0.4 is 21.1 Å². The van der Waals surface area contributed by atoms with Crippen LogP contribution in [0.5, 0.6) is 11.5 Å². The topological polar surface area (TPSA) is 127 Å². The largest absolute Gasteiger partial charge is 0.504 e. The fourth-order valence-corrected chi connectivity index (χ4v) is 15.4. The molecule has 3 heterocycles. The number of piperidine rings is 1. The van der Waals surface area contributed by atoms with Gasteiger partial charge < -0.3 is 26.2 Å². The van der Waals surface area contributed by atoms with E-state index in [0.29, 0.717) is 59.0 Å². The van der Waals surface area contributed by atoms with Crippen molar-refractivity contribution in [1.82, 2.24) is 15.6 Å². The van der Waals surface area contributed by atoms with Crippen LogP contribution >= 0.6 is 0 Å². The van der Waals surface area contributed by atoms with Crippen molar-refractivity contribution in [2.75, 3.05) is 32.5 Å². The van der Waals surface area contributed by atoms with Crippen molar-refractivity contribution in [3.8, 4) is 11.5 Å². The molecular weight excluding hydrogens is 853 g/mol. The third kappa shape index (κ3) is 10.7. The number of anilines is 1. The van der Waals surface area contributed by atoms with Crippen LogP contribution in [0.25, 0.3) is 6.08 Å². The number of hydrogen-bond acceptors (Lipinski definition) is 8.